The zero-order valence-electron chi connectivity index (χ0n) is 7.63. The second kappa shape index (κ2) is 4.52. The first kappa shape index (κ1) is 11.8. The van der Waals surface area contributed by atoms with Gasteiger partial charge in [-0.3, -0.25) is 4.79 Å². The average Bonchev–Trinajstić information content (AvgIpc) is 2.15. The number of amides is 1. The summed E-state index contributed by atoms with van der Waals surface area (Å²) in [5, 5.41) is 0. The highest BCUT2D eigenvalue weighted by molar-refractivity contribution is 9.10. The van der Waals surface area contributed by atoms with Crippen LogP contribution in [0, 0.1) is 0 Å². The van der Waals surface area contributed by atoms with Crippen molar-refractivity contribution in [2.45, 2.75) is 6.43 Å². The molecule has 1 heterocycles. The van der Waals surface area contributed by atoms with E-state index < -0.39 is 17.9 Å². The van der Waals surface area contributed by atoms with Crippen molar-refractivity contribution in [3.05, 3.63) is 21.9 Å². The minimum atomic E-state index is -2.80. The number of carbonyl (C=O) groups is 1. The Hall–Kier alpha value is -1.24. The predicted molar refractivity (Wildman–Crippen MR) is 52.0 cm³/mol. The monoisotopic (exact) mass is 280 g/mol. The molecule has 15 heavy (non-hydrogen) atoms. The van der Waals surface area contributed by atoms with Gasteiger partial charge in [-0.1, -0.05) is 0 Å². The quantitative estimate of drug-likeness (QED) is 0.860. The fourth-order valence-corrected chi connectivity index (χ4v) is 1.53. The predicted octanol–water partition coefficient (Wildman–Crippen LogP) is 1.89. The zero-order chi connectivity index (χ0) is 11.6. The Bertz CT molecular complexity index is 398. The number of nitrogens with two attached hydrogens (primary N) is 1. The second-order valence-corrected chi connectivity index (χ2v) is 3.33. The van der Waals surface area contributed by atoms with Gasteiger partial charge in [-0.25, -0.2) is 13.8 Å². The first-order valence-corrected chi connectivity index (χ1v) is 4.58. The first-order valence-electron chi connectivity index (χ1n) is 3.79. The average molecular weight is 281 g/mol. The van der Waals surface area contributed by atoms with Gasteiger partial charge in [-0.2, -0.15) is 0 Å². The Kier molecular flexibility index (Phi) is 3.57. The molecule has 0 unspecified atom stereocenters. The molecule has 0 aliphatic rings. The van der Waals surface area contributed by atoms with Crippen LogP contribution in [0.3, 0.4) is 0 Å². The number of hydrogen-bond acceptors (Lipinski definition) is 3. The van der Waals surface area contributed by atoms with Crippen LogP contribution in [-0.4, -0.2) is 18.0 Å². The van der Waals surface area contributed by atoms with Crippen molar-refractivity contribution in [1.82, 2.24) is 4.98 Å². The maximum atomic E-state index is 12.6. The van der Waals surface area contributed by atoms with Crippen LogP contribution in [0.5, 0.6) is 5.75 Å². The Balaban J connectivity index is 3.47. The van der Waals surface area contributed by atoms with Crippen molar-refractivity contribution in [2.24, 2.45) is 5.73 Å². The summed E-state index contributed by atoms with van der Waals surface area (Å²) in [7, 11) is 1.18. The van der Waals surface area contributed by atoms with Crippen LogP contribution in [-0.2, 0) is 0 Å². The van der Waals surface area contributed by atoms with Crippen LogP contribution in [0.25, 0.3) is 0 Å². The molecule has 1 aromatic heterocycles. The molecule has 2 N–H and O–H groups in total. The lowest BCUT2D eigenvalue weighted by Gasteiger charge is -2.11. The Labute approximate surface area is 92.6 Å². The summed E-state index contributed by atoms with van der Waals surface area (Å²) in [5.41, 5.74) is 4.34. The van der Waals surface area contributed by atoms with E-state index in [1.807, 2.05) is 0 Å². The molecule has 0 saturated carbocycles. The van der Waals surface area contributed by atoms with Crippen LogP contribution in [0.2, 0.25) is 0 Å². The van der Waals surface area contributed by atoms with Gasteiger partial charge in [-0.15, -0.1) is 0 Å². The minimum absolute atomic E-state index is 0.0700. The fourth-order valence-electron chi connectivity index (χ4n) is 1.07. The minimum Gasteiger partial charge on any atom is -0.495 e. The number of rotatable bonds is 3. The van der Waals surface area contributed by atoms with Gasteiger partial charge in [0.25, 0.3) is 12.3 Å². The number of ether oxygens (including phenoxy) is 1. The topological polar surface area (TPSA) is 65.2 Å². The molecule has 0 radical (unpaired) electrons. The molecule has 0 aliphatic carbocycles. The number of nitrogens with zero attached hydrogens (tertiary/aromatic N) is 1. The SMILES string of the molecule is COc1c(C(N)=O)cnc(Br)c1C(F)F. The molecule has 0 bridgehead atoms. The van der Waals surface area contributed by atoms with Crippen molar-refractivity contribution in [3.63, 3.8) is 0 Å². The highest BCUT2D eigenvalue weighted by atomic mass is 79.9. The van der Waals surface area contributed by atoms with E-state index in [9.17, 15) is 13.6 Å². The summed E-state index contributed by atoms with van der Waals surface area (Å²) in [5.74, 6) is -1.12. The van der Waals surface area contributed by atoms with Crippen LogP contribution in [0.1, 0.15) is 22.3 Å². The lowest BCUT2D eigenvalue weighted by Crippen LogP contribution is -2.14. The van der Waals surface area contributed by atoms with Crippen LogP contribution >= 0.6 is 15.9 Å². The molecule has 1 rings (SSSR count). The molecule has 82 valence electrons. The third-order valence-electron chi connectivity index (χ3n) is 1.71. The molecule has 0 aromatic carbocycles. The third-order valence-corrected chi connectivity index (χ3v) is 2.34. The molecule has 0 saturated heterocycles. The van der Waals surface area contributed by atoms with Crippen LogP contribution < -0.4 is 10.5 Å². The van der Waals surface area contributed by atoms with E-state index in [-0.39, 0.29) is 15.9 Å². The number of carbonyl (C=O) groups excluding carboxylic acids is 1. The number of methoxy groups -OCH3 is 1. The van der Waals surface area contributed by atoms with Gasteiger partial charge < -0.3 is 10.5 Å². The molecule has 0 fully saturated rings. The number of primary amides is 1. The van der Waals surface area contributed by atoms with Crippen molar-refractivity contribution in [2.75, 3.05) is 7.11 Å². The molecular formula is C8H7BrF2N2O2. The fraction of sp³-hybridized carbons (Fsp3) is 0.250. The van der Waals surface area contributed by atoms with E-state index in [0.717, 1.165) is 6.20 Å². The van der Waals surface area contributed by atoms with Gasteiger partial charge in [0.1, 0.15) is 10.4 Å². The third kappa shape index (κ3) is 2.23. The molecule has 1 aromatic rings. The summed E-state index contributed by atoms with van der Waals surface area (Å²) < 4.78 is 29.9. The molecule has 0 atom stereocenters. The zero-order valence-corrected chi connectivity index (χ0v) is 9.22. The highest BCUT2D eigenvalue weighted by Gasteiger charge is 2.23. The van der Waals surface area contributed by atoms with Crippen molar-refractivity contribution < 1.29 is 18.3 Å². The van der Waals surface area contributed by atoms with Gasteiger partial charge in [-0.05, 0) is 15.9 Å². The molecular weight excluding hydrogens is 274 g/mol. The lowest BCUT2D eigenvalue weighted by atomic mass is 10.1. The van der Waals surface area contributed by atoms with E-state index in [1.54, 1.807) is 0 Å². The number of aromatic nitrogens is 1. The molecule has 0 spiro atoms. The largest absolute Gasteiger partial charge is 0.495 e. The van der Waals surface area contributed by atoms with Crippen LogP contribution in [0.15, 0.2) is 10.8 Å². The summed E-state index contributed by atoms with van der Waals surface area (Å²) in [6, 6.07) is 0. The molecule has 1 amide bonds. The maximum absolute atomic E-state index is 12.6. The number of hydrogen-bond donors (Lipinski definition) is 1. The Morgan fingerprint density at radius 3 is 2.67 bits per heavy atom. The van der Waals surface area contributed by atoms with Crippen LogP contribution in [0.4, 0.5) is 8.78 Å². The summed E-state index contributed by atoms with van der Waals surface area (Å²) >= 11 is 2.85. The van der Waals surface area contributed by atoms with Gasteiger partial charge in [0.15, 0.2) is 0 Å². The Morgan fingerprint density at radius 1 is 1.67 bits per heavy atom. The van der Waals surface area contributed by atoms with E-state index >= 15 is 0 Å². The summed E-state index contributed by atoms with van der Waals surface area (Å²) in [6.07, 6.45) is -1.72. The van der Waals surface area contributed by atoms with Crippen molar-refractivity contribution in [1.29, 1.82) is 0 Å². The number of halogens is 3. The van der Waals surface area contributed by atoms with E-state index in [2.05, 4.69) is 20.9 Å². The molecule has 7 heteroatoms. The smallest absolute Gasteiger partial charge is 0.270 e. The van der Waals surface area contributed by atoms with Gasteiger partial charge >= 0.3 is 0 Å². The summed E-state index contributed by atoms with van der Waals surface area (Å²) in [6.45, 7) is 0. The van der Waals surface area contributed by atoms with Gasteiger partial charge in [0.05, 0.1) is 18.2 Å². The molecule has 0 aliphatic heterocycles. The lowest BCUT2D eigenvalue weighted by molar-refractivity contribution is 0.0995. The summed E-state index contributed by atoms with van der Waals surface area (Å²) in [4.78, 5) is 14.5. The standard InChI is InChI=1S/C8H7BrF2N2O2/c1-15-5-3(8(12)14)2-13-6(9)4(5)7(10)11/h2,7H,1H3,(H2,12,14). The van der Waals surface area contributed by atoms with E-state index in [4.69, 9.17) is 10.5 Å². The van der Waals surface area contributed by atoms with Gasteiger partial charge in [0, 0.05) is 6.20 Å². The number of pyridine rings is 1. The highest BCUT2D eigenvalue weighted by Crippen LogP contribution is 2.36. The molecule has 4 nitrogen and oxygen atoms in total. The van der Waals surface area contributed by atoms with Crippen molar-refractivity contribution >= 4 is 21.8 Å². The van der Waals surface area contributed by atoms with Gasteiger partial charge in [0.2, 0.25) is 0 Å². The Morgan fingerprint density at radius 2 is 2.27 bits per heavy atom. The van der Waals surface area contributed by atoms with Crippen molar-refractivity contribution in [3.8, 4) is 5.75 Å². The van der Waals surface area contributed by atoms with E-state index in [0.29, 0.717) is 0 Å². The first-order chi connectivity index (χ1) is 6.99. The second-order valence-electron chi connectivity index (χ2n) is 2.57. The normalized spacial score (nSPS) is 10.5. The number of alkyl halides is 2. The maximum Gasteiger partial charge on any atom is 0.270 e. The van der Waals surface area contributed by atoms with E-state index in [1.165, 1.54) is 7.11 Å².